The molecule has 0 saturated carbocycles. The molecule has 1 aliphatic heterocycles. The predicted octanol–water partition coefficient (Wildman–Crippen LogP) is 2.94. The first kappa shape index (κ1) is 18.4. The Kier molecular flexibility index (Phi) is 6.22. The van der Waals surface area contributed by atoms with Gasteiger partial charge in [-0.3, -0.25) is 4.79 Å². The van der Waals surface area contributed by atoms with Gasteiger partial charge in [0.15, 0.2) is 5.16 Å². The maximum atomic E-state index is 11.9. The molecule has 26 heavy (non-hydrogen) atoms. The van der Waals surface area contributed by atoms with Crippen LogP contribution >= 0.6 is 11.8 Å². The van der Waals surface area contributed by atoms with Gasteiger partial charge in [0.2, 0.25) is 0 Å². The third kappa shape index (κ3) is 5.29. The summed E-state index contributed by atoms with van der Waals surface area (Å²) in [4.78, 5) is 22.9. The molecule has 1 N–H and O–H groups in total. The average Bonchev–Trinajstić information content (AvgIpc) is 3.14. The van der Waals surface area contributed by atoms with Crippen molar-refractivity contribution < 1.29 is 4.79 Å². The van der Waals surface area contributed by atoms with Gasteiger partial charge in [0.05, 0.1) is 12.0 Å². The summed E-state index contributed by atoms with van der Waals surface area (Å²) in [5.41, 5.74) is 6.54. The summed E-state index contributed by atoms with van der Waals surface area (Å²) in [6.07, 6.45) is 4.18. The SMILES string of the molecule is Cc1cc(C)nc(SCC(=O)N/N=C/c2ccc(N3CCCC3)cc2)n1. The van der Waals surface area contributed by atoms with Gasteiger partial charge in [-0.25, -0.2) is 15.4 Å². The van der Waals surface area contributed by atoms with E-state index in [1.165, 1.54) is 30.3 Å². The maximum Gasteiger partial charge on any atom is 0.250 e. The molecule has 6 nitrogen and oxygen atoms in total. The molecule has 1 amide bonds. The number of carbonyl (C=O) groups excluding carboxylic acids is 1. The van der Waals surface area contributed by atoms with Gasteiger partial charge in [-0.2, -0.15) is 5.10 Å². The molecule has 1 fully saturated rings. The van der Waals surface area contributed by atoms with Gasteiger partial charge < -0.3 is 4.90 Å². The predicted molar refractivity (Wildman–Crippen MR) is 106 cm³/mol. The second-order valence-corrected chi connectivity index (χ2v) is 7.24. The van der Waals surface area contributed by atoms with E-state index in [1.54, 1.807) is 6.21 Å². The molecule has 0 spiro atoms. The lowest BCUT2D eigenvalue weighted by atomic mass is 10.2. The molecule has 1 aromatic carbocycles. The van der Waals surface area contributed by atoms with Gasteiger partial charge in [-0.15, -0.1) is 0 Å². The zero-order valence-electron chi connectivity index (χ0n) is 15.1. The lowest BCUT2D eigenvalue weighted by Gasteiger charge is -2.17. The Morgan fingerprint density at radius 2 is 1.85 bits per heavy atom. The maximum absolute atomic E-state index is 11.9. The quantitative estimate of drug-likeness (QED) is 0.367. The third-order valence-electron chi connectivity index (χ3n) is 4.06. The topological polar surface area (TPSA) is 70.5 Å². The fourth-order valence-corrected chi connectivity index (χ4v) is 3.59. The van der Waals surface area contributed by atoms with Crippen molar-refractivity contribution in [3.05, 3.63) is 47.3 Å². The van der Waals surface area contributed by atoms with Crippen LogP contribution in [0.1, 0.15) is 29.8 Å². The minimum atomic E-state index is -0.178. The highest BCUT2D eigenvalue weighted by Gasteiger charge is 2.11. The zero-order chi connectivity index (χ0) is 18.4. The van der Waals surface area contributed by atoms with E-state index >= 15 is 0 Å². The van der Waals surface area contributed by atoms with Crippen LogP contribution in [0.15, 0.2) is 40.6 Å². The van der Waals surface area contributed by atoms with E-state index in [2.05, 4.69) is 37.5 Å². The number of hydrazone groups is 1. The molecule has 136 valence electrons. The number of rotatable bonds is 6. The molecular formula is C19H23N5OS. The summed E-state index contributed by atoms with van der Waals surface area (Å²) in [6, 6.07) is 10.1. The number of aryl methyl sites for hydroxylation is 2. The van der Waals surface area contributed by atoms with Crippen molar-refractivity contribution in [3.8, 4) is 0 Å². The lowest BCUT2D eigenvalue weighted by molar-refractivity contribution is -0.118. The normalized spacial score (nSPS) is 14.2. The van der Waals surface area contributed by atoms with Crippen molar-refractivity contribution in [2.45, 2.75) is 31.8 Å². The summed E-state index contributed by atoms with van der Waals surface area (Å²) in [7, 11) is 0. The van der Waals surface area contributed by atoms with Gasteiger partial charge in [-0.05, 0) is 50.5 Å². The van der Waals surface area contributed by atoms with Gasteiger partial charge in [-0.1, -0.05) is 23.9 Å². The van der Waals surface area contributed by atoms with Crippen molar-refractivity contribution in [1.82, 2.24) is 15.4 Å². The second kappa shape index (κ2) is 8.80. The summed E-state index contributed by atoms with van der Waals surface area (Å²) in [5.74, 6) is 0.0522. The van der Waals surface area contributed by atoms with Crippen LogP contribution in [-0.2, 0) is 4.79 Å². The lowest BCUT2D eigenvalue weighted by Crippen LogP contribution is -2.20. The Labute approximate surface area is 158 Å². The van der Waals surface area contributed by atoms with E-state index in [9.17, 15) is 4.79 Å². The van der Waals surface area contributed by atoms with Crippen LogP contribution in [0.2, 0.25) is 0 Å². The highest BCUT2D eigenvalue weighted by atomic mass is 32.2. The van der Waals surface area contributed by atoms with Crippen LogP contribution in [0.25, 0.3) is 0 Å². The number of amides is 1. The first-order valence-electron chi connectivity index (χ1n) is 8.72. The smallest absolute Gasteiger partial charge is 0.250 e. The molecule has 0 unspecified atom stereocenters. The Bertz CT molecular complexity index is 765. The summed E-state index contributed by atoms with van der Waals surface area (Å²) in [6.45, 7) is 6.09. The van der Waals surface area contributed by atoms with Crippen LogP contribution in [0.4, 0.5) is 5.69 Å². The number of carbonyl (C=O) groups is 1. The van der Waals surface area contributed by atoms with Gasteiger partial charge in [0, 0.05) is 30.2 Å². The minimum absolute atomic E-state index is 0.178. The van der Waals surface area contributed by atoms with Crippen molar-refractivity contribution >= 4 is 29.6 Å². The number of nitrogens with zero attached hydrogens (tertiary/aromatic N) is 4. The third-order valence-corrected chi connectivity index (χ3v) is 4.91. The van der Waals surface area contributed by atoms with E-state index in [4.69, 9.17) is 0 Å². The number of hydrogen-bond acceptors (Lipinski definition) is 6. The van der Waals surface area contributed by atoms with Crippen molar-refractivity contribution in [2.24, 2.45) is 5.10 Å². The van der Waals surface area contributed by atoms with E-state index in [0.29, 0.717) is 5.16 Å². The van der Waals surface area contributed by atoms with Crippen LogP contribution in [0.3, 0.4) is 0 Å². The fourth-order valence-electron chi connectivity index (χ4n) is 2.85. The monoisotopic (exact) mass is 369 g/mol. The number of anilines is 1. The van der Waals surface area contributed by atoms with Crippen LogP contribution in [0, 0.1) is 13.8 Å². The standard InChI is InChI=1S/C19H23N5OS/c1-14-11-15(2)22-19(21-14)26-13-18(25)23-20-12-16-5-7-17(8-6-16)24-9-3-4-10-24/h5-8,11-12H,3-4,9-10,13H2,1-2H3,(H,23,25)/b20-12+. The highest BCUT2D eigenvalue weighted by molar-refractivity contribution is 7.99. The minimum Gasteiger partial charge on any atom is -0.372 e. The van der Waals surface area contributed by atoms with Crippen LogP contribution < -0.4 is 10.3 Å². The Morgan fingerprint density at radius 1 is 1.19 bits per heavy atom. The highest BCUT2D eigenvalue weighted by Crippen LogP contribution is 2.20. The van der Waals surface area contributed by atoms with E-state index < -0.39 is 0 Å². The molecule has 7 heteroatoms. The molecule has 0 radical (unpaired) electrons. The number of benzene rings is 1. The van der Waals surface area contributed by atoms with Crippen molar-refractivity contribution in [3.63, 3.8) is 0 Å². The first-order valence-corrected chi connectivity index (χ1v) is 9.71. The Balaban J connectivity index is 1.46. The molecule has 1 saturated heterocycles. The molecule has 2 aromatic rings. The van der Waals surface area contributed by atoms with Gasteiger partial charge in [0.25, 0.3) is 5.91 Å². The number of nitrogens with one attached hydrogen (secondary N) is 1. The first-order chi connectivity index (χ1) is 12.6. The Hall–Kier alpha value is -2.41. The zero-order valence-corrected chi connectivity index (χ0v) is 15.9. The fraction of sp³-hybridized carbons (Fsp3) is 0.368. The molecule has 2 heterocycles. The van der Waals surface area contributed by atoms with E-state index in [1.807, 2.05) is 32.0 Å². The second-order valence-electron chi connectivity index (χ2n) is 6.30. The summed E-state index contributed by atoms with van der Waals surface area (Å²) >= 11 is 1.31. The van der Waals surface area contributed by atoms with Crippen LogP contribution in [0.5, 0.6) is 0 Å². The van der Waals surface area contributed by atoms with E-state index in [-0.39, 0.29) is 11.7 Å². The molecule has 3 rings (SSSR count). The van der Waals surface area contributed by atoms with Crippen molar-refractivity contribution in [2.75, 3.05) is 23.7 Å². The molecular weight excluding hydrogens is 346 g/mol. The van der Waals surface area contributed by atoms with Crippen molar-refractivity contribution in [1.29, 1.82) is 0 Å². The summed E-state index contributed by atoms with van der Waals surface area (Å²) < 4.78 is 0. The largest absolute Gasteiger partial charge is 0.372 e. The molecule has 1 aliphatic rings. The number of thioether (sulfide) groups is 1. The van der Waals surface area contributed by atoms with Crippen LogP contribution in [-0.4, -0.2) is 40.9 Å². The van der Waals surface area contributed by atoms with E-state index in [0.717, 1.165) is 30.0 Å². The molecule has 0 aliphatic carbocycles. The Morgan fingerprint density at radius 3 is 2.50 bits per heavy atom. The molecule has 0 bridgehead atoms. The number of hydrogen-bond donors (Lipinski definition) is 1. The molecule has 0 atom stereocenters. The molecule has 1 aromatic heterocycles. The number of aromatic nitrogens is 2. The van der Waals surface area contributed by atoms with Gasteiger partial charge >= 0.3 is 0 Å². The average molecular weight is 369 g/mol. The summed E-state index contributed by atoms with van der Waals surface area (Å²) in [5, 5.41) is 4.63. The van der Waals surface area contributed by atoms with Gasteiger partial charge in [0.1, 0.15) is 0 Å².